The molecule has 0 saturated carbocycles. The molecule has 1 N–H and O–H groups in total. The molecular formula is C11H13F2N. The number of nitrogens with one attached hydrogen (secondary N) is 1. The van der Waals surface area contributed by atoms with E-state index < -0.39 is 11.6 Å². The van der Waals surface area contributed by atoms with Crippen molar-refractivity contribution in [2.45, 2.75) is 13.0 Å². The largest absolute Gasteiger partial charge is 0.312 e. The molecule has 3 heteroatoms. The summed E-state index contributed by atoms with van der Waals surface area (Å²) in [5.74, 6) is -1.05. The van der Waals surface area contributed by atoms with Crippen molar-refractivity contribution < 1.29 is 8.78 Å². The molecule has 0 unspecified atom stereocenters. The van der Waals surface area contributed by atoms with Gasteiger partial charge in [-0.3, -0.25) is 0 Å². The molecule has 0 aliphatic rings. The van der Waals surface area contributed by atoms with Crippen LogP contribution in [0.3, 0.4) is 0 Å². The van der Waals surface area contributed by atoms with Gasteiger partial charge in [0, 0.05) is 18.2 Å². The Labute approximate surface area is 82.4 Å². The van der Waals surface area contributed by atoms with Crippen molar-refractivity contribution in [1.82, 2.24) is 5.32 Å². The van der Waals surface area contributed by atoms with E-state index in [0.29, 0.717) is 12.1 Å². The molecule has 1 aromatic carbocycles. The molecular weight excluding hydrogens is 184 g/mol. The molecule has 0 aromatic heterocycles. The topological polar surface area (TPSA) is 12.0 Å². The first-order valence-corrected chi connectivity index (χ1v) is 4.49. The third-order valence-electron chi connectivity index (χ3n) is 1.86. The van der Waals surface area contributed by atoms with Crippen molar-refractivity contribution in [2.75, 3.05) is 6.54 Å². The number of hydrogen-bond acceptors (Lipinski definition) is 1. The van der Waals surface area contributed by atoms with Crippen LogP contribution in [0.2, 0.25) is 0 Å². The van der Waals surface area contributed by atoms with E-state index >= 15 is 0 Å². The van der Waals surface area contributed by atoms with E-state index in [1.165, 1.54) is 12.1 Å². The summed E-state index contributed by atoms with van der Waals surface area (Å²) in [6, 6.07) is 3.60. The molecule has 1 nitrogen and oxygen atoms in total. The predicted octanol–water partition coefficient (Wildman–Crippen LogP) is 2.63. The summed E-state index contributed by atoms with van der Waals surface area (Å²) >= 11 is 0. The van der Waals surface area contributed by atoms with E-state index in [1.54, 1.807) is 6.08 Å². The Morgan fingerprint density at radius 1 is 1.36 bits per heavy atom. The van der Waals surface area contributed by atoms with Crippen LogP contribution >= 0.6 is 0 Å². The van der Waals surface area contributed by atoms with Gasteiger partial charge in [0.05, 0.1) is 0 Å². The Kier molecular flexibility index (Phi) is 4.26. The van der Waals surface area contributed by atoms with Crippen molar-refractivity contribution >= 4 is 0 Å². The third kappa shape index (κ3) is 3.26. The molecule has 0 heterocycles. The summed E-state index contributed by atoms with van der Waals surface area (Å²) < 4.78 is 25.6. The van der Waals surface area contributed by atoms with E-state index in [1.807, 2.05) is 0 Å². The maximum atomic E-state index is 13.1. The zero-order chi connectivity index (χ0) is 10.4. The van der Waals surface area contributed by atoms with Crippen LogP contribution in [0.5, 0.6) is 0 Å². The summed E-state index contributed by atoms with van der Waals surface area (Å²) in [7, 11) is 0. The average Bonchev–Trinajstić information content (AvgIpc) is 2.15. The molecule has 14 heavy (non-hydrogen) atoms. The Bertz CT molecular complexity index is 310. The average molecular weight is 197 g/mol. The second kappa shape index (κ2) is 5.50. The maximum Gasteiger partial charge on any atom is 0.130 e. The summed E-state index contributed by atoms with van der Waals surface area (Å²) in [6.45, 7) is 4.74. The predicted molar refractivity (Wildman–Crippen MR) is 52.9 cm³/mol. The van der Waals surface area contributed by atoms with Crippen LogP contribution in [0.4, 0.5) is 8.78 Å². The van der Waals surface area contributed by atoms with Crippen molar-refractivity contribution in [3.63, 3.8) is 0 Å². The van der Waals surface area contributed by atoms with Crippen LogP contribution in [-0.2, 0) is 6.54 Å². The monoisotopic (exact) mass is 197 g/mol. The Hall–Kier alpha value is -1.22. The lowest BCUT2D eigenvalue weighted by atomic mass is 10.2. The molecule has 0 amide bonds. The highest BCUT2D eigenvalue weighted by Crippen LogP contribution is 2.08. The normalized spacial score (nSPS) is 10.1. The summed E-state index contributed by atoms with van der Waals surface area (Å²) in [5.41, 5.74) is 0.482. The van der Waals surface area contributed by atoms with Gasteiger partial charge in [0.15, 0.2) is 0 Å². The van der Waals surface area contributed by atoms with Crippen LogP contribution in [0.25, 0.3) is 0 Å². The SMILES string of the molecule is C=CCCNCc1ccc(F)cc1F. The summed E-state index contributed by atoms with van der Waals surface area (Å²) in [6.07, 6.45) is 2.62. The van der Waals surface area contributed by atoms with Gasteiger partial charge in [-0.1, -0.05) is 12.1 Å². The van der Waals surface area contributed by atoms with E-state index in [9.17, 15) is 8.78 Å². The fourth-order valence-corrected chi connectivity index (χ4v) is 1.09. The fraction of sp³-hybridized carbons (Fsp3) is 0.273. The first kappa shape index (κ1) is 10.9. The Balaban J connectivity index is 2.46. The van der Waals surface area contributed by atoms with E-state index in [4.69, 9.17) is 0 Å². The van der Waals surface area contributed by atoms with Crippen LogP contribution in [-0.4, -0.2) is 6.54 Å². The standard InChI is InChI=1S/C11H13F2N/c1-2-3-6-14-8-9-4-5-10(12)7-11(9)13/h2,4-5,7,14H,1,3,6,8H2. The molecule has 76 valence electrons. The molecule has 0 aliphatic carbocycles. The zero-order valence-electron chi connectivity index (χ0n) is 7.89. The number of benzene rings is 1. The first-order valence-electron chi connectivity index (χ1n) is 4.49. The van der Waals surface area contributed by atoms with Crippen LogP contribution < -0.4 is 5.32 Å². The molecule has 0 atom stereocenters. The molecule has 0 saturated heterocycles. The lowest BCUT2D eigenvalue weighted by Crippen LogP contribution is -2.15. The Morgan fingerprint density at radius 2 is 2.14 bits per heavy atom. The Morgan fingerprint density at radius 3 is 2.79 bits per heavy atom. The van der Waals surface area contributed by atoms with E-state index in [0.717, 1.165) is 19.0 Å². The van der Waals surface area contributed by atoms with Gasteiger partial charge >= 0.3 is 0 Å². The molecule has 0 radical (unpaired) electrons. The third-order valence-corrected chi connectivity index (χ3v) is 1.86. The minimum atomic E-state index is -0.544. The second-order valence-corrected chi connectivity index (χ2v) is 2.99. The van der Waals surface area contributed by atoms with E-state index in [-0.39, 0.29) is 0 Å². The molecule has 0 spiro atoms. The fourth-order valence-electron chi connectivity index (χ4n) is 1.09. The van der Waals surface area contributed by atoms with Crippen molar-refractivity contribution in [3.8, 4) is 0 Å². The van der Waals surface area contributed by atoms with Gasteiger partial charge in [0.1, 0.15) is 11.6 Å². The van der Waals surface area contributed by atoms with Gasteiger partial charge in [-0.25, -0.2) is 8.78 Å². The second-order valence-electron chi connectivity index (χ2n) is 2.99. The van der Waals surface area contributed by atoms with Gasteiger partial charge in [-0.2, -0.15) is 0 Å². The van der Waals surface area contributed by atoms with Crippen molar-refractivity contribution in [3.05, 3.63) is 48.1 Å². The van der Waals surface area contributed by atoms with Gasteiger partial charge in [-0.15, -0.1) is 6.58 Å². The highest BCUT2D eigenvalue weighted by molar-refractivity contribution is 5.18. The number of halogens is 2. The van der Waals surface area contributed by atoms with Crippen molar-refractivity contribution in [2.24, 2.45) is 0 Å². The molecule has 1 rings (SSSR count). The lowest BCUT2D eigenvalue weighted by Gasteiger charge is -2.04. The lowest BCUT2D eigenvalue weighted by molar-refractivity contribution is 0.561. The summed E-state index contributed by atoms with van der Waals surface area (Å²) in [4.78, 5) is 0. The molecule has 0 aliphatic heterocycles. The molecule has 0 bridgehead atoms. The van der Waals surface area contributed by atoms with Gasteiger partial charge in [-0.05, 0) is 19.0 Å². The van der Waals surface area contributed by atoms with E-state index in [2.05, 4.69) is 11.9 Å². The highest BCUT2D eigenvalue weighted by Gasteiger charge is 2.02. The first-order chi connectivity index (χ1) is 6.74. The van der Waals surface area contributed by atoms with Crippen LogP contribution in [0.1, 0.15) is 12.0 Å². The molecule has 0 fully saturated rings. The summed E-state index contributed by atoms with van der Waals surface area (Å²) in [5, 5.41) is 3.03. The van der Waals surface area contributed by atoms with Crippen LogP contribution in [0, 0.1) is 11.6 Å². The van der Waals surface area contributed by atoms with Crippen molar-refractivity contribution in [1.29, 1.82) is 0 Å². The number of hydrogen-bond donors (Lipinski definition) is 1. The minimum absolute atomic E-state index is 0.417. The van der Waals surface area contributed by atoms with Gasteiger partial charge in [0.2, 0.25) is 0 Å². The highest BCUT2D eigenvalue weighted by atomic mass is 19.1. The van der Waals surface area contributed by atoms with Gasteiger partial charge < -0.3 is 5.32 Å². The molecule has 1 aromatic rings. The minimum Gasteiger partial charge on any atom is -0.312 e. The smallest absolute Gasteiger partial charge is 0.130 e. The van der Waals surface area contributed by atoms with Gasteiger partial charge in [0.25, 0.3) is 0 Å². The van der Waals surface area contributed by atoms with Crippen LogP contribution in [0.15, 0.2) is 30.9 Å². The zero-order valence-corrected chi connectivity index (χ0v) is 7.89. The number of rotatable bonds is 5. The quantitative estimate of drug-likeness (QED) is 0.565. The maximum absolute atomic E-state index is 13.1.